The van der Waals surface area contributed by atoms with Crippen molar-refractivity contribution in [3.05, 3.63) is 51.5 Å². The Morgan fingerprint density at radius 1 is 1.21 bits per heavy atom. The molecule has 206 valence electrons. The third kappa shape index (κ3) is 4.91. The number of nitrogens with zero attached hydrogens (tertiary/aromatic N) is 3. The second kappa shape index (κ2) is 9.56. The number of anilines is 2. The Bertz CT molecular complexity index is 1580. The summed E-state index contributed by atoms with van der Waals surface area (Å²) in [5, 5.41) is 6.51. The highest BCUT2D eigenvalue weighted by atomic mass is 32.2. The van der Waals surface area contributed by atoms with Crippen LogP contribution in [0.4, 0.5) is 24.8 Å². The van der Waals surface area contributed by atoms with Crippen LogP contribution in [0.2, 0.25) is 0 Å². The number of alkyl halides is 3. The number of fused-ring (bicyclic) bond motifs is 2. The number of benzene rings is 1. The molecule has 2 N–H and O–H groups in total. The fourth-order valence-corrected chi connectivity index (χ4v) is 8.06. The molecule has 13 heteroatoms. The van der Waals surface area contributed by atoms with Crippen molar-refractivity contribution in [2.24, 2.45) is 0 Å². The number of aromatic nitrogens is 2. The molecular weight excluding hydrogens is 551 g/mol. The molecule has 1 aromatic carbocycles. The molecular formula is C26H26F3N5O3S2. The second-order valence-electron chi connectivity index (χ2n) is 10.00. The first-order valence-corrected chi connectivity index (χ1v) is 15.3. The van der Waals surface area contributed by atoms with E-state index in [4.69, 9.17) is 0 Å². The Kier molecular flexibility index (Phi) is 6.42. The third-order valence-corrected chi connectivity index (χ3v) is 10.3. The molecule has 2 aliphatic heterocycles. The summed E-state index contributed by atoms with van der Waals surface area (Å²) in [4.78, 5) is 22.2. The zero-order valence-electron chi connectivity index (χ0n) is 21.1. The van der Waals surface area contributed by atoms with Gasteiger partial charge in [-0.2, -0.15) is 13.2 Å². The van der Waals surface area contributed by atoms with Gasteiger partial charge >= 0.3 is 6.18 Å². The van der Waals surface area contributed by atoms with Crippen LogP contribution in [0.25, 0.3) is 10.6 Å². The number of hydrogen-bond acceptors (Lipinski definition) is 8. The molecule has 2 aromatic heterocycles. The minimum absolute atomic E-state index is 0.0262. The van der Waals surface area contributed by atoms with Gasteiger partial charge in [0, 0.05) is 31.5 Å². The molecule has 0 radical (unpaired) electrons. The lowest BCUT2D eigenvalue weighted by Crippen LogP contribution is -2.31. The fraction of sp³-hybridized carbons (Fsp3) is 0.423. The van der Waals surface area contributed by atoms with E-state index in [2.05, 4.69) is 26.7 Å². The Morgan fingerprint density at radius 2 is 2.00 bits per heavy atom. The van der Waals surface area contributed by atoms with Gasteiger partial charge in [-0.25, -0.2) is 18.4 Å². The van der Waals surface area contributed by atoms with Crippen molar-refractivity contribution in [1.29, 1.82) is 0 Å². The first kappa shape index (κ1) is 26.2. The molecule has 39 heavy (non-hydrogen) atoms. The smallest absolute Gasteiger partial charge is 0.337 e. The Morgan fingerprint density at radius 3 is 2.72 bits per heavy atom. The number of rotatable bonds is 5. The SMILES string of the molecule is CCN1CCS(=O)(=O)c2cc(-c3nc(Nc4cc5c(cc4C4CC4)CNCC5)ncc3C(F)(F)F)sc2C1=O. The summed E-state index contributed by atoms with van der Waals surface area (Å²) in [5.74, 6) is -0.458. The topological polar surface area (TPSA) is 104 Å². The van der Waals surface area contributed by atoms with Crippen LogP contribution in [0, 0.1) is 0 Å². The van der Waals surface area contributed by atoms with Gasteiger partial charge in [0.1, 0.15) is 10.4 Å². The van der Waals surface area contributed by atoms with Crippen molar-refractivity contribution < 1.29 is 26.4 Å². The predicted molar refractivity (Wildman–Crippen MR) is 141 cm³/mol. The largest absolute Gasteiger partial charge is 0.420 e. The van der Waals surface area contributed by atoms with Gasteiger partial charge in [0.25, 0.3) is 5.91 Å². The lowest BCUT2D eigenvalue weighted by atomic mass is 9.95. The lowest BCUT2D eigenvalue weighted by Gasteiger charge is -2.21. The maximum atomic E-state index is 14.1. The van der Waals surface area contributed by atoms with Crippen LogP contribution in [0.15, 0.2) is 29.3 Å². The van der Waals surface area contributed by atoms with Crippen molar-refractivity contribution in [1.82, 2.24) is 20.2 Å². The Labute approximate surface area is 227 Å². The maximum Gasteiger partial charge on any atom is 0.420 e. The number of carbonyl (C=O) groups is 1. The van der Waals surface area contributed by atoms with E-state index in [1.807, 2.05) is 6.07 Å². The van der Waals surface area contributed by atoms with E-state index in [9.17, 15) is 26.4 Å². The number of hydrogen-bond donors (Lipinski definition) is 2. The van der Waals surface area contributed by atoms with Crippen LogP contribution in [-0.4, -0.2) is 54.6 Å². The lowest BCUT2D eigenvalue weighted by molar-refractivity contribution is -0.137. The standard InChI is InChI=1S/C26H26F3N5O3S2/c1-2-34-7-8-39(36,37)21-11-20(38-23(21)24(34)35)22-18(26(27,28)29)13-31-25(33-22)32-19-10-15-5-6-30-12-16(15)9-17(19)14-3-4-14/h9-11,13-14,30H,2-8,12H2,1H3,(H,31,32,33). The van der Waals surface area contributed by atoms with Gasteiger partial charge in [0.15, 0.2) is 9.84 Å². The van der Waals surface area contributed by atoms with E-state index in [1.165, 1.54) is 16.0 Å². The normalized spacial score (nSPS) is 18.9. The van der Waals surface area contributed by atoms with Crippen molar-refractivity contribution in [2.45, 2.75) is 49.7 Å². The third-order valence-electron chi connectivity index (χ3n) is 7.38. The first-order chi connectivity index (χ1) is 18.5. The van der Waals surface area contributed by atoms with E-state index >= 15 is 0 Å². The van der Waals surface area contributed by atoms with E-state index in [1.54, 1.807) is 6.92 Å². The molecule has 0 saturated heterocycles. The first-order valence-electron chi connectivity index (χ1n) is 12.8. The molecule has 1 amide bonds. The quantitative estimate of drug-likeness (QED) is 0.452. The number of amides is 1. The van der Waals surface area contributed by atoms with Crippen LogP contribution in [0.1, 0.15) is 57.6 Å². The molecule has 3 aliphatic rings. The number of carbonyl (C=O) groups excluding carboxylic acids is 1. The second-order valence-corrected chi connectivity index (χ2v) is 13.1. The number of thiophene rings is 1. The van der Waals surface area contributed by atoms with Crippen molar-refractivity contribution in [3.8, 4) is 10.6 Å². The molecule has 6 rings (SSSR count). The van der Waals surface area contributed by atoms with E-state index in [0.29, 0.717) is 12.1 Å². The van der Waals surface area contributed by atoms with Crippen LogP contribution >= 0.6 is 11.3 Å². The molecule has 1 saturated carbocycles. The van der Waals surface area contributed by atoms with Crippen molar-refractivity contribution in [2.75, 3.05) is 30.7 Å². The van der Waals surface area contributed by atoms with Gasteiger partial charge in [-0.05, 0) is 67.5 Å². The van der Waals surface area contributed by atoms with Crippen molar-refractivity contribution in [3.63, 3.8) is 0 Å². The van der Waals surface area contributed by atoms with Crippen LogP contribution in [0.5, 0.6) is 0 Å². The van der Waals surface area contributed by atoms with Gasteiger partial charge in [0.2, 0.25) is 5.95 Å². The summed E-state index contributed by atoms with van der Waals surface area (Å²) >= 11 is 0.718. The van der Waals surface area contributed by atoms with E-state index < -0.39 is 33.2 Å². The summed E-state index contributed by atoms with van der Waals surface area (Å²) in [5.41, 5.74) is 2.68. The predicted octanol–water partition coefficient (Wildman–Crippen LogP) is 4.74. The highest BCUT2D eigenvalue weighted by Crippen LogP contribution is 2.46. The molecule has 0 bridgehead atoms. The summed E-state index contributed by atoms with van der Waals surface area (Å²) < 4.78 is 68.0. The number of halogens is 3. The maximum absolute atomic E-state index is 14.1. The zero-order valence-corrected chi connectivity index (χ0v) is 22.7. The molecule has 0 unspecified atom stereocenters. The summed E-state index contributed by atoms with van der Waals surface area (Å²) in [6.07, 6.45) is -1.16. The molecule has 0 spiro atoms. The molecule has 3 aromatic rings. The molecule has 8 nitrogen and oxygen atoms in total. The fourth-order valence-electron chi connectivity index (χ4n) is 5.11. The van der Waals surface area contributed by atoms with Gasteiger partial charge in [-0.15, -0.1) is 11.3 Å². The Balaban J connectivity index is 1.45. The van der Waals surface area contributed by atoms with Gasteiger partial charge in [0.05, 0.1) is 21.2 Å². The van der Waals surface area contributed by atoms with E-state index in [0.717, 1.165) is 61.0 Å². The molecule has 1 fully saturated rings. The van der Waals surface area contributed by atoms with Crippen molar-refractivity contribution >= 4 is 38.7 Å². The minimum atomic E-state index is -4.79. The molecule has 4 heterocycles. The summed E-state index contributed by atoms with van der Waals surface area (Å²) in [6, 6.07) is 5.33. The van der Waals surface area contributed by atoms with E-state index in [-0.39, 0.29) is 39.4 Å². The molecule has 1 aliphatic carbocycles. The summed E-state index contributed by atoms with van der Waals surface area (Å²) in [7, 11) is -3.86. The van der Waals surface area contributed by atoms with Gasteiger partial charge in [-0.3, -0.25) is 4.79 Å². The molecule has 0 atom stereocenters. The zero-order chi connectivity index (χ0) is 27.5. The van der Waals surface area contributed by atoms with Crippen LogP contribution in [-0.2, 0) is 29.0 Å². The Hall–Kier alpha value is -3.03. The average molecular weight is 578 g/mol. The number of sulfone groups is 1. The number of nitrogens with one attached hydrogen (secondary N) is 2. The average Bonchev–Trinajstić information content (AvgIpc) is 3.65. The summed E-state index contributed by atoms with van der Waals surface area (Å²) in [6.45, 7) is 3.66. The van der Waals surface area contributed by atoms with Gasteiger partial charge in [-0.1, -0.05) is 6.07 Å². The van der Waals surface area contributed by atoms with Crippen LogP contribution in [0.3, 0.4) is 0 Å². The highest BCUT2D eigenvalue weighted by Gasteiger charge is 2.39. The highest BCUT2D eigenvalue weighted by molar-refractivity contribution is 7.91. The minimum Gasteiger partial charge on any atom is -0.337 e. The monoisotopic (exact) mass is 577 g/mol. The van der Waals surface area contributed by atoms with Crippen LogP contribution < -0.4 is 10.6 Å². The van der Waals surface area contributed by atoms with Gasteiger partial charge < -0.3 is 15.5 Å².